The maximum absolute atomic E-state index is 12.6. The molecule has 2 aromatic rings. The van der Waals surface area contributed by atoms with Crippen LogP contribution in [0, 0.1) is 5.82 Å². The molecule has 72 valence electrons. The number of hydrogen-bond donors (Lipinski definition) is 1. The third-order valence-corrected chi connectivity index (χ3v) is 2.63. The number of rotatable bonds is 3. The zero-order valence-electron chi connectivity index (χ0n) is 7.27. The van der Waals surface area contributed by atoms with Gasteiger partial charge < -0.3 is 0 Å². The molecule has 14 heavy (non-hydrogen) atoms. The Hall–Kier alpha value is -1.36. The van der Waals surface area contributed by atoms with Gasteiger partial charge >= 0.3 is 0 Å². The molecule has 0 bridgehead atoms. The lowest BCUT2D eigenvalue weighted by atomic mass is 10.2. The predicted octanol–water partition coefficient (Wildman–Crippen LogP) is 2.24. The van der Waals surface area contributed by atoms with Crippen LogP contribution in [0.15, 0.2) is 35.7 Å². The molecule has 1 N–H and O–H groups in total. The van der Waals surface area contributed by atoms with E-state index in [1.54, 1.807) is 12.1 Å². The van der Waals surface area contributed by atoms with Gasteiger partial charge in [0.15, 0.2) is 5.16 Å². The minimum Gasteiger partial charge on any atom is -0.254 e. The molecule has 0 amide bonds. The Morgan fingerprint density at radius 2 is 2.07 bits per heavy atom. The van der Waals surface area contributed by atoms with Gasteiger partial charge in [0.2, 0.25) is 0 Å². The smallest absolute Gasteiger partial charge is 0.183 e. The maximum Gasteiger partial charge on any atom is 0.183 e. The standard InChI is InChI=1S/C9H8FN3S/c10-8-3-1-7(2-4-8)5-14-9-11-6-12-13-9/h1-4,6H,5H2,(H,11,12,13). The van der Waals surface area contributed by atoms with Gasteiger partial charge in [-0.2, -0.15) is 5.10 Å². The number of halogens is 1. The molecule has 1 heterocycles. The van der Waals surface area contributed by atoms with Crippen LogP contribution in [0.3, 0.4) is 0 Å². The van der Waals surface area contributed by atoms with Crippen molar-refractivity contribution in [2.45, 2.75) is 10.9 Å². The van der Waals surface area contributed by atoms with Gasteiger partial charge in [0.05, 0.1) is 0 Å². The lowest BCUT2D eigenvalue weighted by Gasteiger charge is -1.97. The molecule has 3 nitrogen and oxygen atoms in total. The SMILES string of the molecule is Fc1ccc(CSc2ncn[nH]2)cc1. The molecule has 0 aliphatic carbocycles. The second kappa shape index (κ2) is 4.23. The van der Waals surface area contributed by atoms with E-state index in [0.717, 1.165) is 16.5 Å². The van der Waals surface area contributed by atoms with Gasteiger partial charge in [0.25, 0.3) is 0 Å². The molecular formula is C9H8FN3S. The molecule has 0 unspecified atom stereocenters. The molecule has 0 aliphatic heterocycles. The van der Waals surface area contributed by atoms with Gasteiger partial charge in [-0.3, -0.25) is 5.10 Å². The largest absolute Gasteiger partial charge is 0.254 e. The van der Waals surface area contributed by atoms with Crippen LogP contribution in [-0.4, -0.2) is 15.2 Å². The van der Waals surface area contributed by atoms with Crippen molar-refractivity contribution in [3.63, 3.8) is 0 Å². The summed E-state index contributed by atoms with van der Waals surface area (Å²) < 4.78 is 12.6. The summed E-state index contributed by atoms with van der Waals surface area (Å²) in [5.74, 6) is 0.550. The molecule has 0 atom stereocenters. The van der Waals surface area contributed by atoms with E-state index in [4.69, 9.17) is 0 Å². The summed E-state index contributed by atoms with van der Waals surface area (Å²) in [7, 11) is 0. The lowest BCUT2D eigenvalue weighted by molar-refractivity contribution is 0.627. The van der Waals surface area contributed by atoms with Crippen molar-refractivity contribution in [1.29, 1.82) is 0 Å². The highest BCUT2D eigenvalue weighted by Gasteiger charge is 1.98. The highest BCUT2D eigenvalue weighted by atomic mass is 32.2. The molecule has 1 aromatic heterocycles. The van der Waals surface area contributed by atoms with Crippen molar-refractivity contribution in [3.8, 4) is 0 Å². The van der Waals surface area contributed by atoms with Crippen LogP contribution in [0.25, 0.3) is 0 Å². The number of thioether (sulfide) groups is 1. The molecule has 1 aromatic carbocycles. The highest BCUT2D eigenvalue weighted by molar-refractivity contribution is 7.98. The fourth-order valence-corrected chi connectivity index (χ4v) is 1.73. The van der Waals surface area contributed by atoms with Crippen molar-refractivity contribution in [2.75, 3.05) is 0 Å². The number of hydrogen-bond acceptors (Lipinski definition) is 3. The van der Waals surface area contributed by atoms with E-state index >= 15 is 0 Å². The second-order valence-electron chi connectivity index (χ2n) is 2.71. The molecule has 0 fully saturated rings. The molecule has 0 saturated carbocycles. The number of benzene rings is 1. The molecule has 0 saturated heterocycles. The summed E-state index contributed by atoms with van der Waals surface area (Å²) in [5, 5.41) is 7.25. The van der Waals surface area contributed by atoms with Gasteiger partial charge in [-0.25, -0.2) is 9.37 Å². The number of nitrogens with zero attached hydrogens (tertiary/aromatic N) is 2. The predicted molar refractivity (Wildman–Crippen MR) is 52.3 cm³/mol. The van der Waals surface area contributed by atoms with E-state index in [2.05, 4.69) is 15.2 Å². The zero-order valence-corrected chi connectivity index (χ0v) is 8.09. The van der Waals surface area contributed by atoms with E-state index in [0.29, 0.717) is 0 Å². The minimum atomic E-state index is -0.210. The van der Waals surface area contributed by atoms with Gasteiger partial charge in [-0.05, 0) is 17.7 Å². The van der Waals surface area contributed by atoms with Crippen molar-refractivity contribution >= 4 is 11.8 Å². The summed E-state index contributed by atoms with van der Waals surface area (Å²) in [4.78, 5) is 3.97. The summed E-state index contributed by atoms with van der Waals surface area (Å²) in [5.41, 5.74) is 1.06. The average Bonchev–Trinajstić information content (AvgIpc) is 2.70. The normalized spacial score (nSPS) is 10.4. The van der Waals surface area contributed by atoms with Crippen LogP contribution in [0.1, 0.15) is 5.56 Å². The molecule has 2 rings (SSSR count). The van der Waals surface area contributed by atoms with Gasteiger partial charge in [-0.1, -0.05) is 23.9 Å². The Kier molecular flexibility index (Phi) is 2.78. The topological polar surface area (TPSA) is 41.6 Å². The van der Waals surface area contributed by atoms with E-state index in [9.17, 15) is 4.39 Å². The molecule has 0 spiro atoms. The summed E-state index contributed by atoms with van der Waals surface area (Å²) >= 11 is 1.53. The van der Waals surface area contributed by atoms with Crippen LogP contribution in [-0.2, 0) is 5.75 Å². The second-order valence-corrected chi connectivity index (χ2v) is 3.67. The fourth-order valence-electron chi connectivity index (χ4n) is 0.996. The van der Waals surface area contributed by atoms with Crippen molar-refractivity contribution in [3.05, 3.63) is 42.0 Å². The Labute approximate surface area is 84.8 Å². The van der Waals surface area contributed by atoms with Crippen LogP contribution < -0.4 is 0 Å². The summed E-state index contributed by atoms with van der Waals surface area (Å²) in [6.07, 6.45) is 1.47. The first kappa shape index (κ1) is 9.21. The Morgan fingerprint density at radius 3 is 2.71 bits per heavy atom. The number of aromatic amines is 1. The van der Waals surface area contributed by atoms with Gasteiger partial charge in [0.1, 0.15) is 12.1 Å². The molecule has 0 radical (unpaired) electrons. The Balaban J connectivity index is 1.95. The Bertz CT molecular complexity index is 385. The van der Waals surface area contributed by atoms with Crippen molar-refractivity contribution < 1.29 is 4.39 Å². The fraction of sp³-hybridized carbons (Fsp3) is 0.111. The first-order valence-electron chi connectivity index (χ1n) is 4.07. The monoisotopic (exact) mass is 209 g/mol. The van der Waals surface area contributed by atoms with E-state index in [-0.39, 0.29) is 5.82 Å². The zero-order chi connectivity index (χ0) is 9.80. The third kappa shape index (κ3) is 2.32. The first-order chi connectivity index (χ1) is 6.84. The summed E-state index contributed by atoms with van der Waals surface area (Å²) in [6, 6.07) is 6.43. The average molecular weight is 209 g/mol. The molecular weight excluding hydrogens is 201 g/mol. The number of aromatic nitrogens is 3. The molecule has 0 aliphatic rings. The highest BCUT2D eigenvalue weighted by Crippen LogP contribution is 2.17. The first-order valence-corrected chi connectivity index (χ1v) is 5.06. The van der Waals surface area contributed by atoms with E-state index in [1.165, 1.54) is 30.2 Å². The van der Waals surface area contributed by atoms with Crippen LogP contribution in [0.5, 0.6) is 0 Å². The lowest BCUT2D eigenvalue weighted by Crippen LogP contribution is -1.82. The minimum absolute atomic E-state index is 0.210. The van der Waals surface area contributed by atoms with Crippen molar-refractivity contribution in [1.82, 2.24) is 15.2 Å². The maximum atomic E-state index is 12.6. The number of nitrogens with one attached hydrogen (secondary N) is 1. The molecule has 5 heteroatoms. The quantitative estimate of drug-likeness (QED) is 0.788. The Morgan fingerprint density at radius 1 is 1.29 bits per heavy atom. The van der Waals surface area contributed by atoms with E-state index in [1.807, 2.05) is 0 Å². The van der Waals surface area contributed by atoms with E-state index < -0.39 is 0 Å². The van der Waals surface area contributed by atoms with Crippen LogP contribution >= 0.6 is 11.8 Å². The van der Waals surface area contributed by atoms with Crippen LogP contribution in [0.2, 0.25) is 0 Å². The number of H-pyrrole nitrogens is 1. The van der Waals surface area contributed by atoms with Gasteiger partial charge in [0, 0.05) is 5.75 Å². The van der Waals surface area contributed by atoms with Crippen LogP contribution in [0.4, 0.5) is 4.39 Å². The van der Waals surface area contributed by atoms with Gasteiger partial charge in [-0.15, -0.1) is 0 Å². The summed E-state index contributed by atoms with van der Waals surface area (Å²) in [6.45, 7) is 0. The third-order valence-electron chi connectivity index (χ3n) is 1.68. The van der Waals surface area contributed by atoms with Crippen molar-refractivity contribution in [2.24, 2.45) is 0 Å².